The highest BCUT2D eigenvalue weighted by Gasteiger charge is 1.93. The van der Waals surface area contributed by atoms with Crippen molar-refractivity contribution in [2.75, 3.05) is 0 Å². The molecule has 0 unspecified atom stereocenters. The van der Waals surface area contributed by atoms with Crippen LogP contribution < -0.4 is 0 Å². The molecule has 0 aliphatic heterocycles. The molecule has 20 heavy (non-hydrogen) atoms. The molecule has 0 saturated carbocycles. The number of hydrogen-bond acceptors (Lipinski definition) is 6. The zero-order valence-electron chi connectivity index (χ0n) is 10.3. The van der Waals surface area contributed by atoms with Crippen LogP contribution in [0.25, 0.3) is 0 Å². The van der Waals surface area contributed by atoms with E-state index in [0.717, 1.165) is 11.1 Å². The maximum Gasteiger partial charge on any atom is 0.245 e. The first-order chi connectivity index (χ1) is 9.90. The molecule has 0 aliphatic rings. The summed E-state index contributed by atoms with van der Waals surface area (Å²) < 4.78 is 0. The van der Waals surface area contributed by atoms with Gasteiger partial charge >= 0.3 is 0 Å². The maximum atomic E-state index is 4.14. The van der Waals surface area contributed by atoms with E-state index in [9.17, 15) is 0 Å². The van der Waals surface area contributed by atoms with Crippen molar-refractivity contribution in [2.45, 2.75) is 0 Å². The SMILES string of the molecule is C(=N\c1ncn[nH]1)/c1ccc(/C=N/c2ncn[nH]2)cc1. The van der Waals surface area contributed by atoms with E-state index in [1.54, 1.807) is 12.4 Å². The van der Waals surface area contributed by atoms with Crippen molar-refractivity contribution < 1.29 is 0 Å². The molecule has 0 spiro atoms. The van der Waals surface area contributed by atoms with Gasteiger partial charge < -0.3 is 0 Å². The molecule has 0 bridgehead atoms. The van der Waals surface area contributed by atoms with Crippen LogP contribution in [0.2, 0.25) is 0 Å². The van der Waals surface area contributed by atoms with Gasteiger partial charge in [-0.25, -0.2) is 20.2 Å². The molecule has 0 radical (unpaired) electrons. The van der Waals surface area contributed by atoms with Crippen molar-refractivity contribution in [3.63, 3.8) is 0 Å². The average molecular weight is 266 g/mol. The third-order valence-electron chi connectivity index (χ3n) is 2.41. The molecule has 0 atom stereocenters. The summed E-state index contributed by atoms with van der Waals surface area (Å²) in [6.45, 7) is 0. The standard InChI is InChI=1S/C12H10N8/c1-2-10(6-14-12-16-8-18-20-12)4-3-9(1)5-13-11-15-7-17-19-11/h1-8H,(H,15,17,19)(H,16,18,20)/b13-5+,14-6+. The molecular formula is C12H10N8. The van der Waals surface area contributed by atoms with Crippen LogP contribution in [0.3, 0.4) is 0 Å². The minimum Gasteiger partial charge on any atom is -0.244 e. The van der Waals surface area contributed by atoms with E-state index in [1.807, 2.05) is 24.3 Å². The first-order valence-electron chi connectivity index (χ1n) is 5.79. The number of hydrogen-bond donors (Lipinski definition) is 2. The number of rotatable bonds is 4. The second-order valence-corrected chi connectivity index (χ2v) is 3.80. The van der Waals surface area contributed by atoms with E-state index < -0.39 is 0 Å². The fourth-order valence-corrected chi connectivity index (χ4v) is 1.46. The van der Waals surface area contributed by atoms with Crippen LogP contribution in [0.5, 0.6) is 0 Å². The van der Waals surface area contributed by atoms with Gasteiger partial charge in [-0.05, 0) is 11.1 Å². The molecular weight excluding hydrogens is 256 g/mol. The van der Waals surface area contributed by atoms with Crippen LogP contribution in [0.4, 0.5) is 11.9 Å². The zero-order valence-corrected chi connectivity index (χ0v) is 10.3. The van der Waals surface area contributed by atoms with Crippen molar-refractivity contribution in [2.24, 2.45) is 9.98 Å². The van der Waals surface area contributed by atoms with Gasteiger partial charge in [-0.15, -0.1) is 0 Å². The number of nitrogens with zero attached hydrogens (tertiary/aromatic N) is 6. The fraction of sp³-hybridized carbons (Fsp3) is 0. The highest BCUT2D eigenvalue weighted by atomic mass is 15.3. The van der Waals surface area contributed by atoms with Crippen molar-refractivity contribution in [1.29, 1.82) is 0 Å². The van der Waals surface area contributed by atoms with Crippen molar-refractivity contribution in [3.05, 3.63) is 48.0 Å². The van der Waals surface area contributed by atoms with Gasteiger partial charge in [0.15, 0.2) is 0 Å². The van der Waals surface area contributed by atoms with Crippen LogP contribution in [0.1, 0.15) is 11.1 Å². The Balaban J connectivity index is 1.68. The first kappa shape index (κ1) is 11.9. The Morgan fingerprint density at radius 3 is 1.55 bits per heavy atom. The van der Waals surface area contributed by atoms with E-state index in [4.69, 9.17) is 0 Å². The highest BCUT2D eigenvalue weighted by Crippen LogP contribution is 2.05. The van der Waals surface area contributed by atoms with Gasteiger partial charge in [0.2, 0.25) is 11.9 Å². The van der Waals surface area contributed by atoms with Gasteiger partial charge in [0.25, 0.3) is 0 Å². The van der Waals surface area contributed by atoms with Crippen molar-refractivity contribution in [3.8, 4) is 0 Å². The molecule has 3 aromatic rings. The van der Waals surface area contributed by atoms with Crippen molar-refractivity contribution in [1.82, 2.24) is 30.4 Å². The summed E-state index contributed by atoms with van der Waals surface area (Å²) in [6, 6.07) is 7.73. The first-order valence-corrected chi connectivity index (χ1v) is 5.79. The Hall–Kier alpha value is -3.16. The molecule has 2 aromatic heterocycles. The van der Waals surface area contributed by atoms with Gasteiger partial charge in [-0.3, -0.25) is 0 Å². The third-order valence-corrected chi connectivity index (χ3v) is 2.41. The average Bonchev–Trinajstić information content (AvgIpc) is 3.17. The Kier molecular flexibility index (Phi) is 3.36. The fourth-order valence-electron chi connectivity index (χ4n) is 1.46. The number of nitrogens with one attached hydrogen (secondary N) is 2. The van der Waals surface area contributed by atoms with Crippen LogP contribution in [0.15, 0.2) is 46.9 Å². The topological polar surface area (TPSA) is 108 Å². The predicted octanol–water partition coefficient (Wildman–Crippen LogP) is 1.42. The van der Waals surface area contributed by atoms with Gasteiger partial charge in [0, 0.05) is 12.4 Å². The number of H-pyrrole nitrogens is 2. The van der Waals surface area contributed by atoms with Gasteiger partial charge in [-0.2, -0.15) is 20.2 Å². The van der Waals surface area contributed by atoms with E-state index in [1.165, 1.54) is 12.7 Å². The van der Waals surface area contributed by atoms with E-state index in [0.29, 0.717) is 11.9 Å². The quantitative estimate of drug-likeness (QED) is 0.696. The molecule has 0 saturated heterocycles. The van der Waals surface area contributed by atoms with E-state index >= 15 is 0 Å². The van der Waals surface area contributed by atoms with Crippen molar-refractivity contribution >= 4 is 24.3 Å². The molecule has 8 heteroatoms. The summed E-state index contributed by atoms with van der Waals surface area (Å²) in [5.41, 5.74) is 1.91. The summed E-state index contributed by atoms with van der Waals surface area (Å²) in [7, 11) is 0. The maximum absolute atomic E-state index is 4.14. The Morgan fingerprint density at radius 2 is 1.20 bits per heavy atom. The minimum absolute atomic E-state index is 0.473. The predicted molar refractivity (Wildman–Crippen MR) is 73.7 cm³/mol. The Bertz CT molecular complexity index is 631. The number of benzene rings is 1. The van der Waals surface area contributed by atoms with Crippen LogP contribution in [-0.4, -0.2) is 42.8 Å². The largest absolute Gasteiger partial charge is 0.245 e. The monoisotopic (exact) mass is 266 g/mol. The zero-order chi connectivity index (χ0) is 13.6. The van der Waals surface area contributed by atoms with Crippen LogP contribution in [0, 0.1) is 0 Å². The number of aromatic nitrogens is 6. The lowest BCUT2D eigenvalue weighted by Gasteiger charge is -1.94. The molecule has 2 N–H and O–H groups in total. The molecule has 8 nitrogen and oxygen atoms in total. The second kappa shape index (κ2) is 5.65. The molecule has 0 amide bonds. The minimum atomic E-state index is 0.473. The molecule has 1 aromatic carbocycles. The molecule has 0 aliphatic carbocycles. The number of aromatic amines is 2. The Morgan fingerprint density at radius 1 is 0.750 bits per heavy atom. The van der Waals surface area contributed by atoms with E-state index in [-0.39, 0.29) is 0 Å². The lowest BCUT2D eigenvalue weighted by molar-refractivity contribution is 1.08. The summed E-state index contributed by atoms with van der Waals surface area (Å²) in [4.78, 5) is 16.1. The second-order valence-electron chi connectivity index (χ2n) is 3.80. The molecule has 3 rings (SSSR count). The summed E-state index contributed by atoms with van der Waals surface area (Å²) in [5.74, 6) is 0.946. The van der Waals surface area contributed by atoms with Gasteiger partial charge in [0.1, 0.15) is 12.7 Å². The van der Waals surface area contributed by atoms with Crippen LogP contribution in [-0.2, 0) is 0 Å². The summed E-state index contributed by atoms with van der Waals surface area (Å²) in [5, 5.41) is 12.7. The Labute approximate surface area is 113 Å². The van der Waals surface area contributed by atoms with E-state index in [2.05, 4.69) is 40.3 Å². The third kappa shape index (κ3) is 2.99. The van der Waals surface area contributed by atoms with Crippen LogP contribution >= 0.6 is 0 Å². The van der Waals surface area contributed by atoms with Gasteiger partial charge in [-0.1, -0.05) is 24.3 Å². The lowest BCUT2D eigenvalue weighted by Crippen LogP contribution is -1.85. The smallest absolute Gasteiger partial charge is 0.244 e. The molecule has 0 fully saturated rings. The summed E-state index contributed by atoms with van der Waals surface area (Å²) >= 11 is 0. The van der Waals surface area contributed by atoms with Gasteiger partial charge in [0.05, 0.1) is 0 Å². The molecule has 98 valence electrons. The lowest BCUT2D eigenvalue weighted by atomic mass is 10.2. The highest BCUT2D eigenvalue weighted by molar-refractivity contribution is 5.85. The summed E-state index contributed by atoms with van der Waals surface area (Å²) in [6.07, 6.45) is 6.24. The molecule has 2 heterocycles. The number of aliphatic imine (C=N–C) groups is 2. The normalized spacial score (nSPS) is 11.6.